The van der Waals surface area contributed by atoms with E-state index in [1.807, 2.05) is 0 Å². The summed E-state index contributed by atoms with van der Waals surface area (Å²) in [6.45, 7) is 0. The van der Waals surface area contributed by atoms with Crippen LogP contribution in [-0.2, 0) is 6.18 Å². The van der Waals surface area contributed by atoms with Crippen LogP contribution in [0.5, 0.6) is 5.75 Å². The van der Waals surface area contributed by atoms with Gasteiger partial charge >= 0.3 is 6.18 Å². The molecule has 1 atom stereocenters. The summed E-state index contributed by atoms with van der Waals surface area (Å²) in [5.74, 6) is 0.249. The van der Waals surface area contributed by atoms with Crippen LogP contribution < -0.4 is 4.74 Å². The van der Waals surface area contributed by atoms with Gasteiger partial charge in [0.25, 0.3) is 0 Å². The quantitative estimate of drug-likeness (QED) is 0.786. The summed E-state index contributed by atoms with van der Waals surface area (Å²) in [7, 11) is 0. The minimum Gasteiger partial charge on any atom is -0.460 e. The zero-order chi connectivity index (χ0) is 13.6. The maximum atomic E-state index is 12.7. The van der Waals surface area contributed by atoms with Gasteiger partial charge in [-0.25, -0.2) is 0 Å². The number of ether oxygens (including phenoxy) is 1. The van der Waals surface area contributed by atoms with Crippen LogP contribution in [0.15, 0.2) is 42.5 Å². The van der Waals surface area contributed by atoms with Crippen molar-refractivity contribution in [2.24, 2.45) is 0 Å². The van der Waals surface area contributed by atoms with E-state index < -0.39 is 18.0 Å². The first-order valence-electron chi connectivity index (χ1n) is 5.62. The standard InChI is InChI=1S/C14H9F3O2/c15-14(16,17)8-5-6-12-11(7-8)9-3-1-2-4-10(9)13(18)19-12/h1-7,13,18H. The van der Waals surface area contributed by atoms with Gasteiger partial charge < -0.3 is 9.84 Å². The molecule has 19 heavy (non-hydrogen) atoms. The summed E-state index contributed by atoms with van der Waals surface area (Å²) < 4.78 is 43.4. The summed E-state index contributed by atoms with van der Waals surface area (Å²) in [6.07, 6.45) is -5.56. The number of rotatable bonds is 0. The summed E-state index contributed by atoms with van der Waals surface area (Å²) in [6, 6.07) is 9.92. The van der Waals surface area contributed by atoms with Crippen LogP contribution >= 0.6 is 0 Å². The molecule has 3 rings (SSSR count). The van der Waals surface area contributed by atoms with Crippen molar-refractivity contribution in [2.45, 2.75) is 12.5 Å². The highest BCUT2D eigenvalue weighted by molar-refractivity contribution is 5.76. The summed E-state index contributed by atoms with van der Waals surface area (Å²) in [5, 5.41) is 9.79. The molecule has 1 aliphatic rings. The third-order valence-electron chi connectivity index (χ3n) is 3.06. The normalized spacial score (nSPS) is 17.4. The molecular weight excluding hydrogens is 257 g/mol. The number of aliphatic hydroxyl groups is 1. The van der Waals surface area contributed by atoms with E-state index in [2.05, 4.69) is 0 Å². The summed E-state index contributed by atoms with van der Waals surface area (Å²) in [5.41, 5.74) is 0.633. The van der Waals surface area contributed by atoms with Gasteiger partial charge in [-0.15, -0.1) is 0 Å². The molecule has 0 fully saturated rings. The third-order valence-corrected chi connectivity index (χ3v) is 3.06. The number of benzene rings is 2. The Kier molecular flexibility index (Phi) is 2.53. The fraction of sp³-hybridized carbons (Fsp3) is 0.143. The molecule has 2 nitrogen and oxygen atoms in total. The van der Waals surface area contributed by atoms with E-state index in [1.165, 1.54) is 6.07 Å². The topological polar surface area (TPSA) is 29.5 Å². The van der Waals surface area contributed by atoms with Crippen molar-refractivity contribution in [1.29, 1.82) is 0 Å². The fourth-order valence-electron chi connectivity index (χ4n) is 2.16. The molecule has 0 saturated carbocycles. The maximum Gasteiger partial charge on any atom is 0.416 e. The first-order valence-corrected chi connectivity index (χ1v) is 5.62. The molecule has 0 aliphatic carbocycles. The van der Waals surface area contributed by atoms with Crippen molar-refractivity contribution in [3.05, 3.63) is 53.6 Å². The lowest BCUT2D eigenvalue weighted by Gasteiger charge is -2.25. The molecule has 0 bridgehead atoms. The van der Waals surface area contributed by atoms with Crippen molar-refractivity contribution in [1.82, 2.24) is 0 Å². The number of aliphatic hydroxyl groups excluding tert-OH is 1. The number of fused-ring (bicyclic) bond motifs is 3. The van der Waals surface area contributed by atoms with Crippen molar-refractivity contribution >= 4 is 0 Å². The Morgan fingerprint density at radius 3 is 2.47 bits per heavy atom. The third kappa shape index (κ3) is 1.96. The van der Waals surface area contributed by atoms with Crippen LogP contribution in [0, 0.1) is 0 Å². The van der Waals surface area contributed by atoms with Crippen LogP contribution in [0.2, 0.25) is 0 Å². The number of hydrogen-bond donors (Lipinski definition) is 1. The van der Waals surface area contributed by atoms with E-state index in [1.54, 1.807) is 24.3 Å². The van der Waals surface area contributed by atoms with E-state index >= 15 is 0 Å². The molecule has 1 aliphatic heterocycles. The van der Waals surface area contributed by atoms with E-state index in [0.717, 1.165) is 12.1 Å². The molecule has 0 spiro atoms. The molecule has 1 heterocycles. The summed E-state index contributed by atoms with van der Waals surface area (Å²) >= 11 is 0. The molecule has 2 aromatic rings. The van der Waals surface area contributed by atoms with Gasteiger partial charge in [0.15, 0.2) is 0 Å². The zero-order valence-electron chi connectivity index (χ0n) is 9.61. The van der Waals surface area contributed by atoms with Crippen molar-refractivity contribution in [2.75, 3.05) is 0 Å². The predicted octanol–water partition coefficient (Wildman–Crippen LogP) is 3.76. The van der Waals surface area contributed by atoms with Crippen LogP contribution in [-0.4, -0.2) is 5.11 Å². The highest BCUT2D eigenvalue weighted by atomic mass is 19.4. The zero-order valence-corrected chi connectivity index (χ0v) is 9.61. The minimum absolute atomic E-state index is 0.249. The van der Waals surface area contributed by atoms with E-state index in [0.29, 0.717) is 16.7 Å². The predicted molar refractivity (Wildman–Crippen MR) is 62.5 cm³/mol. The first kappa shape index (κ1) is 12.0. The SMILES string of the molecule is OC1Oc2ccc(C(F)(F)F)cc2-c2ccccc21. The van der Waals surface area contributed by atoms with Crippen LogP contribution in [0.4, 0.5) is 13.2 Å². The summed E-state index contributed by atoms with van der Waals surface area (Å²) in [4.78, 5) is 0. The molecule has 98 valence electrons. The van der Waals surface area contributed by atoms with Crippen LogP contribution in [0.3, 0.4) is 0 Å². The van der Waals surface area contributed by atoms with Crippen molar-refractivity contribution < 1.29 is 23.0 Å². The monoisotopic (exact) mass is 266 g/mol. The molecule has 1 unspecified atom stereocenters. The van der Waals surface area contributed by atoms with Gasteiger partial charge in [-0.2, -0.15) is 13.2 Å². The largest absolute Gasteiger partial charge is 0.460 e. The Morgan fingerprint density at radius 2 is 1.74 bits per heavy atom. The molecular formula is C14H9F3O2. The van der Waals surface area contributed by atoms with Gasteiger partial charge in [-0.1, -0.05) is 24.3 Å². The van der Waals surface area contributed by atoms with E-state index in [9.17, 15) is 18.3 Å². The Labute approximate surface area is 107 Å². The lowest BCUT2D eigenvalue weighted by molar-refractivity contribution is -0.137. The van der Waals surface area contributed by atoms with E-state index in [4.69, 9.17) is 4.74 Å². The van der Waals surface area contributed by atoms with Gasteiger partial charge in [0.1, 0.15) is 5.75 Å². The first-order chi connectivity index (χ1) is 8.97. The minimum atomic E-state index is -4.40. The molecule has 1 N–H and O–H groups in total. The lowest BCUT2D eigenvalue weighted by atomic mass is 9.94. The van der Waals surface area contributed by atoms with Crippen LogP contribution in [0.1, 0.15) is 17.4 Å². The van der Waals surface area contributed by atoms with Gasteiger partial charge in [0, 0.05) is 11.1 Å². The second-order valence-corrected chi connectivity index (χ2v) is 4.27. The number of alkyl halides is 3. The molecule has 5 heteroatoms. The molecule has 0 saturated heterocycles. The highest BCUT2D eigenvalue weighted by Crippen LogP contribution is 2.43. The molecule has 0 aromatic heterocycles. The van der Waals surface area contributed by atoms with Gasteiger partial charge in [-0.05, 0) is 23.8 Å². The highest BCUT2D eigenvalue weighted by Gasteiger charge is 2.33. The van der Waals surface area contributed by atoms with E-state index in [-0.39, 0.29) is 5.75 Å². The Morgan fingerprint density at radius 1 is 1.00 bits per heavy atom. The molecule has 2 aromatic carbocycles. The average molecular weight is 266 g/mol. The van der Waals surface area contributed by atoms with Crippen molar-refractivity contribution in [3.8, 4) is 16.9 Å². The Hall–Kier alpha value is -2.01. The molecule has 0 radical (unpaired) electrons. The van der Waals surface area contributed by atoms with Gasteiger partial charge in [0.05, 0.1) is 5.56 Å². The second-order valence-electron chi connectivity index (χ2n) is 4.27. The Balaban J connectivity index is 2.21. The van der Waals surface area contributed by atoms with Gasteiger partial charge in [0.2, 0.25) is 6.29 Å². The fourth-order valence-corrected chi connectivity index (χ4v) is 2.16. The number of hydrogen-bond acceptors (Lipinski definition) is 2. The van der Waals surface area contributed by atoms with Crippen LogP contribution in [0.25, 0.3) is 11.1 Å². The smallest absolute Gasteiger partial charge is 0.416 e. The number of halogens is 3. The average Bonchev–Trinajstić information content (AvgIpc) is 2.37. The Bertz CT molecular complexity index is 635. The molecule has 0 amide bonds. The second kappa shape index (κ2) is 3.99. The van der Waals surface area contributed by atoms with Crippen molar-refractivity contribution in [3.63, 3.8) is 0 Å². The lowest BCUT2D eigenvalue weighted by Crippen LogP contribution is -2.14. The van der Waals surface area contributed by atoms with Gasteiger partial charge in [-0.3, -0.25) is 0 Å². The maximum absolute atomic E-state index is 12.7.